The van der Waals surface area contributed by atoms with E-state index in [-0.39, 0.29) is 23.7 Å². The highest BCUT2D eigenvalue weighted by atomic mass is 19.4. The fourth-order valence-electron chi connectivity index (χ4n) is 1.57. The summed E-state index contributed by atoms with van der Waals surface area (Å²) in [4.78, 5) is 17.7. The molecule has 1 rings (SSSR count). The van der Waals surface area contributed by atoms with Crippen LogP contribution in [0.5, 0.6) is 0 Å². The zero-order valence-electron chi connectivity index (χ0n) is 13.8. The second kappa shape index (κ2) is 7.48. The minimum absolute atomic E-state index is 0.0490. The van der Waals surface area contributed by atoms with Crippen LogP contribution in [0, 0.1) is 0 Å². The van der Waals surface area contributed by atoms with Crippen molar-refractivity contribution >= 4 is 11.9 Å². The molecular weight excluding hydrogens is 309 g/mol. The molecule has 0 bridgehead atoms. The predicted molar refractivity (Wildman–Crippen MR) is 82.3 cm³/mol. The van der Waals surface area contributed by atoms with Crippen molar-refractivity contribution < 1.29 is 22.7 Å². The SMILES string of the molecule is CC(C)OC(=NC(=O)c1ccc(C(F)(F)F)cc1)N(C)C(C)C. The monoisotopic (exact) mass is 330 g/mol. The maximum absolute atomic E-state index is 12.5. The molecule has 0 saturated carbocycles. The van der Waals surface area contributed by atoms with Crippen LogP contribution in [-0.2, 0) is 10.9 Å². The topological polar surface area (TPSA) is 41.9 Å². The highest BCUT2D eigenvalue weighted by Gasteiger charge is 2.30. The fourth-order valence-corrected chi connectivity index (χ4v) is 1.57. The van der Waals surface area contributed by atoms with Gasteiger partial charge in [0.25, 0.3) is 11.9 Å². The van der Waals surface area contributed by atoms with E-state index in [0.29, 0.717) is 0 Å². The Bertz CT molecular complexity index is 564. The Morgan fingerprint density at radius 3 is 2.04 bits per heavy atom. The van der Waals surface area contributed by atoms with Crippen molar-refractivity contribution in [2.45, 2.75) is 46.0 Å². The standard InChI is InChI=1S/C16H21F3N2O2/c1-10(2)21(5)15(23-11(3)4)20-14(22)12-6-8-13(9-7-12)16(17,18)19/h6-11H,1-5H3. The Balaban J connectivity index is 3.04. The van der Waals surface area contributed by atoms with Crippen molar-refractivity contribution in [3.63, 3.8) is 0 Å². The lowest BCUT2D eigenvalue weighted by atomic mass is 10.1. The summed E-state index contributed by atoms with van der Waals surface area (Å²) in [7, 11) is 1.73. The smallest absolute Gasteiger partial charge is 0.416 e. The van der Waals surface area contributed by atoms with Gasteiger partial charge in [-0.25, -0.2) is 0 Å². The van der Waals surface area contributed by atoms with Gasteiger partial charge in [0, 0.05) is 18.7 Å². The number of hydrogen-bond donors (Lipinski definition) is 0. The van der Waals surface area contributed by atoms with Gasteiger partial charge in [-0.3, -0.25) is 4.79 Å². The van der Waals surface area contributed by atoms with Gasteiger partial charge in [-0.2, -0.15) is 18.2 Å². The number of amidine groups is 1. The molecule has 0 aliphatic heterocycles. The molecule has 0 fully saturated rings. The number of alkyl halides is 3. The molecule has 1 aromatic carbocycles. The first-order valence-corrected chi connectivity index (χ1v) is 7.22. The summed E-state index contributed by atoms with van der Waals surface area (Å²) in [5, 5.41) is 0. The normalized spacial score (nSPS) is 12.7. The van der Waals surface area contributed by atoms with E-state index >= 15 is 0 Å². The average Bonchev–Trinajstić information content (AvgIpc) is 2.44. The van der Waals surface area contributed by atoms with Crippen LogP contribution in [0.4, 0.5) is 13.2 Å². The Morgan fingerprint density at radius 2 is 1.65 bits per heavy atom. The molecule has 7 heteroatoms. The summed E-state index contributed by atoms with van der Waals surface area (Å²) in [5.41, 5.74) is -0.740. The summed E-state index contributed by atoms with van der Waals surface area (Å²) in [6, 6.07) is 4.12. The Hall–Kier alpha value is -2.05. The third-order valence-electron chi connectivity index (χ3n) is 3.07. The van der Waals surface area contributed by atoms with Crippen LogP contribution in [0.3, 0.4) is 0 Å². The lowest BCUT2D eigenvalue weighted by Crippen LogP contribution is -2.37. The van der Waals surface area contributed by atoms with Gasteiger partial charge in [0.15, 0.2) is 0 Å². The molecule has 0 spiro atoms. The molecule has 0 heterocycles. The molecule has 0 aliphatic carbocycles. The van der Waals surface area contributed by atoms with Gasteiger partial charge >= 0.3 is 6.18 Å². The first-order valence-electron chi connectivity index (χ1n) is 7.22. The van der Waals surface area contributed by atoms with E-state index in [4.69, 9.17) is 4.74 Å². The number of benzene rings is 1. The number of halogens is 3. The van der Waals surface area contributed by atoms with E-state index in [2.05, 4.69) is 4.99 Å². The van der Waals surface area contributed by atoms with Crippen LogP contribution in [0.2, 0.25) is 0 Å². The third kappa shape index (κ3) is 5.58. The summed E-state index contributed by atoms with van der Waals surface area (Å²) in [5.74, 6) is -0.651. The van der Waals surface area contributed by atoms with Crippen molar-refractivity contribution in [1.29, 1.82) is 0 Å². The Morgan fingerprint density at radius 1 is 1.13 bits per heavy atom. The highest BCUT2D eigenvalue weighted by molar-refractivity contribution is 6.01. The van der Waals surface area contributed by atoms with Gasteiger partial charge in [-0.15, -0.1) is 0 Å². The quantitative estimate of drug-likeness (QED) is 0.622. The van der Waals surface area contributed by atoms with E-state index in [1.807, 2.05) is 13.8 Å². The van der Waals surface area contributed by atoms with Gasteiger partial charge in [-0.1, -0.05) is 0 Å². The number of amides is 1. The molecule has 0 radical (unpaired) electrons. The van der Waals surface area contributed by atoms with Crippen molar-refractivity contribution in [3.8, 4) is 0 Å². The number of carbonyl (C=O) groups is 1. The van der Waals surface area contributed by atoms with Crippen LogP contribution in [-0.4, -0.2) is 36.0 Å². The Kier molecular flexibility index (Phi) is 6.18. The van der Waals surface area contributed by atoms with Crippen LogP contribution >= 0.6 is 0 Å². The lowest BCUT2D eigenvalue weighted by molar-refractivity contribution is -0.137. The summed E-state index contributed by atoms with van der Waals surface area (Å²) >= 11 is 0. The van der Waals surface area contributed by atoms with Gasteiger partial charge in [0.1, 0.15) is 0 Å². The maximum Gasteiger partial charge on any atom is 0.416 e. The summed E-state index contributed by atoms with van der Waals surface area (Å²) in [6.07, 6.45) is -4.62. The second-order valence-corrected chi connectivity index (χ2v) is 5.65. The molecule has 1 amide bonds. The average molecular weight is 330 g/mol. The zero-order valence-corrected chi connectivity index (χ0v) is 13.8. The number of ether oxygens (including phenoxy) is 1. The number of nitrogens with zero attached hydrogens (tertiary/aromatic N) is 2. The molecule has 128 valence electrons. The predicted octanol–water partition coefficient (Wildman–Crippen LogP) is 3.97. The molecule has 0 aliphatic rings. The second-order valence-electron chi connectivity index (χ2n) is 5.65. The molecule has 0 aromatic heterocycles. The molecule has 23 heavy (non-hydrogen) atoms. The van der Waals surface area contributed by atoms with Crippen LogP contribution in [0.1, 0.15) is 43.6 Å². The molecule has 0 N–H and O–H groups in total. The van der Waals surface area contributed by atoms with Gasteiger partial charge in [0.05, 0.1) is 11.7 Å². The highest BCUT2D eigenvalue weighted by Crippen LogP contribution is 2.29. The molecule has 4 nitrogen and oxygen atoms in total. The molecule has 0 unspecified atom stereocenters. The van der Waals surface area contributed by atoms with Crippen molar-refractivity contribution in [2.75, 3.05) is 7.05 Å². The van der Waals surface area contributed by atoms with Crippen LogP contribution in [0.15, 0.2) is 29.3 Å². The largest absolute Gasteiger partial charge is 0.462 e. The van der Waals surface area contributed by atoms with E-state index in [0.717, 1.165) is 24.3 Å². The maximum atomic E-state index is 12.5. The minimum Gasteiger partial charge on any atom is -0.462 e. The van der Waals surface area contributed by atoms with Crippen LogP contribution < -0.4 is 0 Å². The molecule has 1 aromatic rings. The number of aliphatic imine (C=N–C) groups is 1. The van der Waals surface area contributed by atoms with Gasteiger partial charge < -0.3 is 9.64 Å². The number of hydrogen-bond acceptors (Lipinski definition) is 2. The molecule has 0 atom stereocenters. The lowest BCUT2D eigenvalue weighted by Gasteiger charge is -2.25. The van der Waals surface area contributed by atoms with Crippen molar-refractivity contribution in [2.24, 2.45) is 4.99 Å². The van der Waals surface area contributed by atoms with Crippen molar-refractivity contribution in [3.05, 3.63) is 35.4 Å². The zero-order chi connectivity index (χ0) is 17.8. The van der Waals surface area contributed by atoms with Gasteiger partial charge in [0.2, 0.25) is 0 Å². The van der Waals surface area contributed by atoms with Crippen molar-refractivity contribution in [1.82, 2.24) is 4.90 Å². The number of rotatable bonds is 3. The Labute approximate surface area is 134 Å². The summed E-state index contributed by atoms with van der Waals surface area (Å²) in [6.45, 7) is 7.40. The van der Waals surface area contributed by atoms with Gasteiger partial charge in [-0.05, 0) is 52.0 Å². The third-order valence-corrected chi connectivity index (χ3v) is 3.07. The van der Waals surface area contributed by atoms with E-state index in [1.165, 1.54) is 0 Å². The molecule has 0 saturated heterocycles. The summed E-state index contributed by atoms with van der Waals surface area (Å²) < 4.78 is 43.1. The fraction of sp³-hybridized carbons (Fsp3) is 0.500. The molecular formula is C16H21F3N2O2. The van der Waals surface area contributed by atoms with Crippen LogP contribution in [0.25, 0.3) is 0 Å². The minimum atomic E-state index is -4.44. The van der Waals surface area contributed by atoms with E-state index in [9.17, 15) is 18.0 Å². The van der Waals surface area contributed by atoms with E-state index in [1.54, 1.807) is 25.8 Å². The first kappa shape index (κ1) is 19.0. The van der Waals surface area contributed by atoms with E-state index < -0.39 is 17.6 Å². The first-order chi connectivity index (χ1) is 10.5. The number of carbonyl (C=O) groups excluding carboxylic acids is 1.